The van der Waals surface area contributed by atoms with Crippen LogP contribution in [0, 0.1) is 0 Å². The van der Waals surface area contributed by atoms with Crippen molar-refractivity contribution in [3.05, 3.63) is 18.7 Å². The van der Waals surface area contributed by atoms with Gasteiger partial charge in [-0.25, -0.2) is 4.98 Å². The molecule has 96 valence electrons. The van der Waals surface area contributed by atoms with E-state index in [4.69, 9.17) is 4.74 Å². The van der Waals surface area contributed by atoms with Crippen molar-refractivity contribution in [1.29, 1.82) is 0 Å². The molecule has 0 aliphatic heterocycles. The molecule has 0 spiro atoms. The minimum Gasteiger partial charge on any atom is -0.465 e. The molecular formula is C12H21N3O2. The number of rotatable bonds is 8. The van der Waals surface area contributed by atoms with Gasteiger partial charge in [0, 0.05) is 18.9 Å². The first kappa shape index (κ1) is 13.7. The predicted molar refractivity (Wildman–Crippen MR) is 65.6 cm³/mol. The zero-order valence-corrected chi connectivity index (χ0v) is 10.6. The summed E-state index contributed by atoms with van der Waals surface area (Å²) in [4.78, 5) is 15.7. The van der Waals surface area contributed by atoms with Gasteiger partial charge in [-0.15, -0.1) is 0 Å². The van der Waals surface area contributed by atoms with Crippen LogP contribution in [-0.2, 0) is 16.1 Å². The standard InChI is InChI=1S/C12H21N3O2/c1-3-6-14-11(12(16)17-4-2)5-8-15-9-7-13-10-15/h7,9-11,14H,3-6,8H2,1-2H3. The highest BCUT2D eigenvalue weighted by Gasteiger charge is 2.18. The lowest BCUT2D eigenvalue weighted by atomic mass is 10.2. The fraction of sp³-hybridized carbons (Fsp3) is 0.667. The zero-order chi connectivity index (χ0) is 12.5. The number of hydrogen-bond acceptors (Lipinski definition) is 4. The van der Waals surface area contributed by atoms with Crippen LogP contribution in [0.5, 0.6) is 0 Å². The lowest BCUT2D eigenvalue weighted by molar-refractivity contribution is -0.145. The van der Waals surface area contributed by atoms with Crippen LogP contribution in [0.25, 0.3) is 0 Å². The molecule has 1 atom stereocenters. The number of esters is 1. The van der Waals surface area contributed by atoms with E-state index in [0.717, 1.165) is 25.9 Å². The Kier molecular flexibility index (Phi) is 6.32. The van der Waals surface area contributed by atoms with Crippen LogP contribution in [0.2, 0.25) is 0 Å². The van der Waals surface area contributed by atoms with Crippen LogP contribution in [-0.4, -0.2) is 34.7 Å². The first-order chi connectivity index (χ1) is 8.27. The van der Waals surface area contributed by atoms with E-state index >= 15 is 0 Å². The van der Waals surface area contributed by atoms with E-state index in [1.807, 2.05) is 17.7 Å². The van der Waals surface area contributed by atoms with Gasteiger partial charge >= 0.3 is 5.97 Å². The fourth-order valence-corrected chi connectivity index (χ4v) is 1.56. The molecule has 1 N–H and O–H groups in total. The van der Waals surface area contributed by atoms with Crippen LogP contribution < -0.4 is 5.32 Å². The molecule has 0 amide bonds. The molecule has 1 aromatic heterocycles. The number of carbonyl (C=O) groups excluding carboxylic acids is 1. The molecule has 1 rings (SSSR count). The second-order valence-electron chi connectivity index (χ2n) is 3.85. The van der Waals surface area contributed by atoms with Gasteiger partial charge in [0.05, 0.1) is 12.9 Å². The van der Waals surface area contributed by atoms with E-state index in [1.165, 1.54) is 0 Å². The molecule has 0 saturated carbocycles. The number of hydrogen-bond donors (Lipinski definition) is 1. The number of carbonyl (C=O) groups is 1. The summed E-state index contributed by atoms with van der Waals surface area (Å²) < 4.78 is 7.00. The SMILES string of the molecule is CCCNC(CCn1ccnc1)C(=O)OCC. The largest absolute Gasteiger partial charge is 0.465 e. The van der Waals surface area contributed by atoms with Gasteiger partial charge in [0.15, 0.2) is 0 Å². The molecule has 5 nitrogen and oxygen atoms in total. The number of aromatic nitrogens is 2. The van der Waals surface area contributed by atoms with Crippen molar-refractivity contribution in [1.82, 2.24) is 14.9 Å². The molecule has 0 saturated heterocycles. The van der Waals surface area contributed by atoms with Gasteiger partial charge < -0.3 is 14.6 Å². The minimum absolute atomic E-state index is 0.166. The summed E-state index contributed by atoms with van der Waals surface area (Å²) in [6.07, 6.45) is 7.10. The molecule has 0 aliphatic carbocycles. The molecule has 5 heteroatoms. The third kappa shape index (κ3) is 4.99. The van der Waals surface area contributed by atoms with Gasteiger partial charge in [-0.3, -0.25) is 4.79 Å². The molecule has 1 heterocycles. The van der Waals surface area contributed by atoms with Crippen molar-refractivity contribution >= 4 is 5.97 Å². The van der Waals surface area contributed by atoms with E-state index in [1.54, 1.807) is 12.5 Å². The third-order valence-electron chi connectivity index (χ3n) is 2.45. The molecule has 0 fully saturated rings. The Labute approximate surface area is 102 Å². The number of imidazole rings is 1. The Morgan fingerprint density at radius 1 is 1.53 bits per heavy atom. The average molecular weight is 239 g/mol. The van der Waals surface area contributed by atoms with Crippen molar-refractivity contribution in [2.24, 2.45) is 0 Å². The predicted octanol–water partition coefficient (Wildman–Crippen LogP) is 1.20. The van der Waals surface area contributed by atoms with E-state index in [9.17, 15) is 4.79 Å². The molecule has 0 aliphatic rings. The van der Waals surface area contributed by atoms with Crippen LogP contribution >= 0.6 is 0 Å². The zero-order valence-electron chi connectivity index (χ0n) is 10.6. The van der Waals surface area contributed by atoms with Crippen molar-refractivity contribution in [2.75, 3.05) is 13.2 Å². The molecule has 17 heavy (non-hydrogen) atoms. The Morgan fingerprint density at radius 2 is 2.35 bits per heavy atom. The summed E-state index contributed by atoms with van der Waals surface area (Å²) in [6.45, 7) is 5.91. The monoisotopic (exact) mass is 239 g/mol. The maximum atomic E-state index is 11.7. The first-order valence-corrected chi connectivity index (χ1v) is 6.13. The maximum Gasteiger partial charge on any atom is 0.323 e. The lowest BCUT2D eigenvalue weighted by Crippen LogP contribution is -2.39. The third-order valence-corrected chi connectivity index (χ3v) is 2.45. The van der Waals surface area contributed by atoms with Crippen molar-refractivity contribution in [3.8, 4) is 0 Å². The number of aryl methyl sites for hydroxylation is 1. The van der Waals surface area contributed by atoms with Gasteiger partial charge in [0.2, 0.25) is 0 Å². The molecule has 0 radical (unpaired) electrons. The topological polar surface area (TPSA) is 56.2 Å². The first-order valence-electron chi connectivity index (χ1n) is 6.13. The molecule has 0 aromatic carbocycles. The van der Waals surface area contributed by atoms with Gasteiger partial charge in [-0.05, 0) is 26.3 Å². The van der Waals surface area contributed by atoms with Crippen molar-refractivity contribution in [3.63, 3.8) is 0 Å². The number of nitrogens with zero attached hydrogens (tertiary/aromatic N) is 2. The van der Waals surface area contributed by atoms with Crippen LogP contribution in [0.3, 0.4) is 0 Å². The average Bonchev–Trinajstić information content (AvgIpc) is 2.82. The van der Waals surface area contributed by atoms with E-state index < -0.39 is 0 Å². The lowest BCUT2D eigenvalue weighted by Gasteiger charge is -2.16. The number of ether oxygens (including phenoxy) is 1. The van der Waals surface area contributed by atoms with Crippen LogP contribution in [0.1, 0.15) is 26.7 Å². The van der Waals surface area contributed by atoms with Gasteiger partial charge in [0.25, 0.3) is 0 Å². The highest BCUT2D eigenvalue weighted by molar-refractivity contribution is 5.75. The second-order valence-corrected chi connectivity index (χ2v) is 3.85. The molecule has 0 bridgehead atoms. The normalized spacial score (nSPS) is 12.4. The molecule has 1 aromatic rings. The van der Waals surface area contributed by atoms with Gasteiger partial charge in [-0.2, -0.15) is 0 Å². The van der Waals surface area contributed by atoms with E-state index in [-0.39, 0.29) is 12.0 Å². The van der Waals surface area contributed by atoms with Crippen LogP contribution in [0.15, 0.2) is 18.7 Å². The summed E-state index contributed by atoms with van der Waals surface area (Å²) in [5.41, 5.74) is 0. The quantitative estimate of drug-likeness (QED) is 0.693. The van der Waals surface area contributed by atoms with E-state index in [0.29, 0.717) is 6.61 Å². The van der Waals surface area contributed by atoms with Crippen molar-refractivity contribution in [2.45, 2.75) is 39.3 Å². The minimum atomic E-state index is -0.225. The maximum absolute atomic E-state index is 11.7. The molecular weight excluding hydrogens is 218 g/mol. The Balaban J connectivity index is 2.41. The Hall–Kier alpha value is -1.36. The summed E-state index contributed by atoms with van der Waals surface area (Å²) in [5.74, 6) is -0.166. The fourth-order valence-electron chi connectivity index (χ4n) is 1.56. The highest BCUT2D eigenvalue weighted by Crippen LogP contribution is 2.00. The van der Waals surface area contributed by atoms with Crippen LogP contribution in [0.4, 0.5) is 0 Å². The van der Waals surface area contributed by atoms with Gasteiger partial charge in [0.1, 0.15) is 6.04 Å². The number of nitrogens with one attached hydrogen (secondary N) is 1. The molecule has 1 unspecified atom stereocenters. The summed E-state index contributed by atoms with van der Waals surface area (Å²) in [7, 11) is 0. The van der Waals surface area contributed by atoms with Crippen molar-refractivity contribution < 1.29 is 9.53 Å². The Morgan fingerprint density at radius 3 is 2.94 bits per heavy atom. The summed E-state index contributed by atoms with van der Waals surface area (Å²) in [6, 6.07) is -0.225. The van der Waals surface area contributed by atoms with Gasteiger partial charge in [-0.1, -0.05) is 6.92 Å². The second kappa shape index (κ2) is 7.84. The van der Waals surface area contributed by atoms with E-state index in [2.05, 4.69) is 17.2 Å². The summed E-state index contributed by atoms with van der Waals surface area (Å²) in [5, 5.41) is 3.21. The Bertz CT molecular complexity index is 312. The smallest absolute Gasteiger partial charge is 0.323 e. The highest BCUT2D eigenvalue weighted by atomic mass is 16.5. The summed E-state index contributed by atoms with van der Waals surface area (Å²) >= 11 is 0.